The van der Waals surface area contributed by atoms with Crippen LogP contribution < -0.4 is 0 Å². The van der Waals surface area contributed by atoms with E-state index in [0.29, 0.717) is 16.9 Å². The molecule has 19 heavy (non-hydrogen) atoms. The smallest absolute Gasteiger partial charge is 0.337 e. The predicted octanol–water partition coefficient (Wildman–Crippen LogP) is 2.22. The van der Waals surface area contributed by atoms with Crippen molar-refractivity contribution < 1.29 is 17.9 Å². The lowest BCUT2D eigenvalue weighted by Crippen LogP contribution is -2.37. The highest BCUT2D eigenvalue weighted by Crippen LogP contribution is 2.45. The van der Waals surface area contributed by atoms with Crippen molar-refractivity contribution >= 4 is 15.8 Å². The van der Waals surface area contributed by atoms with Gasteiger partial charge in [0, 0.05) is 4.91 Å². The van der Waals surface area contributed by atoms with Gasteiger partial charge in [-0.3, -0.25) is 0 Å². The number of allylic oxidation sites excluding steroid dienone is 2. The first-order valence-electron chi connectivity index (χ1n) is 6.39. The highest BCUT2D eigenvalue weighted by atomic mass is 32.2. The van der Waals surface area contributed by atoms with Crippen LogP contribution in [-0.4, -0.2) is 27.2 Å². The van der Waals surface area contributed by atoms with E-state index in [2.05, 4.69) is 0 Å². The summed E-state index contributed by atoms with van der Waals surface area (Å²) in [5.41, 5.74) is 1.11. The predicted molar refractivity (Wildman–Crippen MR) is 73.1 cm³/mol. The molecule has 1 aliphatic heterocycles. The molecule has 0 aromatic heterocycles. The standard InChI is InChI=1S/C14H20O4S/c1-9-5-10-7-14(2,3)8-19(16,17)12(10)6-11(9)13(15)18-4/h6,10H,5,7-8H2,1-4H3. The number of carbonyl (C=O) groups excluding carboxylic acids is 1. The third-order valence-electron chi connectivity index (χ3n) is 3.85. The number of methoxy groups -OCH3 is 1. The first kappa shape index (κ1) is 14.3. The molecule has 0 amide bonds. The molecule has 1 unspecified atom stereocenters. The quantitative estimate of drug-likeness (QED) is 0.693. The van der Waals surface area contributed by atoms with E-state index in [9.17, 15) is 13.2 Å². The number of hydrogen-bond acceptors (Lipinski definition) is 4. The van der Waals surface area contributed by atoms with Gasteiger partial charge in [-0.15, -0.1) is 0 Å². The van der Waals surface area contributed by atoms with Gasteiger partial charge in [-0.25, -0.2) is 13.2 Å². The maximum absolute atomic E-state index is 12.4. The van der Waals surface area contributed by atoms with Crippen molar-refractivity contribution in [1.29, 1.82) is 0 Å². The zero-order chi connectivity index (χ0) is 14.4. The van der Waals surface area contributed by atoms with Crippen LogP contribution in [-0.2, 0) is 19.4 Å². The van der Waals surface area contributed by atoms with Gasteiger partial charge >= 0.3 is 5.97 Å². The zero-order valence-corrected chi connectivity index (χ0v) is 12.6. The van der Waals surface area contributed by atoms with Crippen molar-refractivity contribution in [3.8, 4) is 0 Å². The van der Waals surface area contributed by atoms with Crippen molar-refractivity contribution in [2.45, 2.75) is 33.6 Å². The second kappa shape index (κ2) is 4.47. The molecule has 2 rings (SSSR count). The average molecular weight is 284 g/mol. The molecule has 1 aliphatic carbocycles. The molecule has 0 aromatic rings. The number of sulfone groups is 1. The number of ether oxygens (including phenoxy) is 1. The normalized spacial score (nSPS) is 28.4. The van der Waals surface area contributed by atoms with Gasteiger partial charge in [0.05, 0.1) is 18.4 Å². The Balaban J connectivity index is 2.48. The van der Waals surface area contributed by atoms with Crippen molar-refractivity contribution in [1.82, 2.24) is 0 Å². The summed E-state index contributed by atoms with van der Waals surface area (Å²) in [6, 6.07) is 0. The van der Waals surface area contributed by atoms with Gasteiger partial charge in [0.1, 0.15) is 0 Å². The minimum atomic E-state index is -3.27. The Morgan fingerprint density at radius 2 is 2.05 bits per heavy atom. The molecule has 4 nitrogen and oxygen atoms in total. The summed E-state index contributed by atoms with van der Waals surface area (Å²) in [5, 5.41) is 0. The molecule has 0 N–H and O–H groups in total. The van der Waals surface area contributed by atoms with Crippen molar-refractivity contribution in [2.75, 3.05) is 12.9 Å². The highest BCUT2D eigenvalue weighted by Gasteiger charge is 2.42. The summed E-state index contributed by atoms with van der Waals surface area (Å²) in [5.74, 6) is -0.304. The maximum Gasteiger partial charge on any atom is 0.337 e. The van der Waals surface area contributed by atoms with Crippen LogP contribution in [0.2, 0.25) is 0 Å². The van der Waals surface area contributed by atoms with Gasteiger partial charge < -0.3 is 4.74 Å². The van der Waals surface area contributed by atoms with Crippen molar-refractivity contribution in [3.05, 3.63) is 22.1 Å². The second-order valence-corrected chi connectivity index (χ2v) is 8.25. The molecule has 1 atom stereocenters. The van der Waals surface area contributed by atoms with Crippen LogP contribution in [0.15, 0.2) is 22.1 Å². The van der Waals surface area contributed by atoms with Crippen LogP contribution in [0, 0.1) is 11.3 Å². The molecule has 1 fully saturated rings. The topological polar surface area (TPSA) is 60.4 Å². The third kappa shape index (κ3) is 2.61. The summed E-state index contributed by atoms with van der Waals surface area (Å²) in [7, 11) is -1.96. The molecule has 0 spiro atoms. The molecule has 2 aliphatic rings. The van der Waals surface area contributed by atoms with E-state index in [1.807, 2.05) is 20.8 Å². The number of esters is 1. The van der Waals surface area contributed by atoms with Crippen LogP contribution in [0.25, 0.3) is 0 Å². The van der Waals surface area contributed by atoms with Gasteiger partial charge in [-0.2, -0.15) is 0 Å². The van der Waals surface area contributed by atoms with Crippen LogP contribution in [0.5, 0.6) is 0 Å². The summed E-state index contributed by atoms with van der Waals surface area (Å²) in [6.45, 7) is 5.83. The van der Waals surface area contributed by atoms with E-state index in [0.717, 1.165) is 12.0 Å². The Bertz CT molecular complexity index is 579. The van der Waals surface area contributed by atoms with Crippen LogP contribution >= 0.6 is 0 Å². The number of fused-ring (bicyclic) bond motifs is 1. The fourth-order valence-corrected chi connectivity index (χ4v) is 5.43. The van der Waals surface area contributed by atoms with Gasteiger partial charge in [-0.05, 0) is 37.2 Å². The van der Waals surface area contributed by atoms with Crippen molar-refractivity contribution in [2.24, 2.45) is 11.3 Å². The number of carbonyl (C=O) groups is 1. The molecular weight excluding hydrogens is 264 g/mol. The molecular formula is C14H20O4S. The molecule has 0 bridgehead atoms. The Morgan fingerprint density at radius 1 is 1.42 bits per heavy atom. The van der Waals surface area contributed by atoms with Crippen LogP contribution in [0.1, 0.15) is 33.6 Å². The lowest BCUT2D eigenvalue weighted by Gasteiger charge is -2.38. The number of hydrogen-bond donors (Lipinski definition) is 0. The lowest BCUT2D eigenvalue weighted by atomic mass is 9.78. The van der Waals surface area contributed by atoms with E-state index in [4.69, 9.17) is 4.74 Å². The Kier molecular flexibility index (Phi) is 3.37. The van der Waals surface area contributed by atoms with Gasteiger partial charge in [0.15, 0.2) is 9.84 Å². The SMILES string of the molecule is COC(=O)C1=C(C)CC2CC(C)(C)CS(=O)(=O)C2=C1. The molecule has 0 aromatic carbocycles. The monoisotopic (exact) mass is 284 g/mol. The van der Waals surface area contributed by atoms with Gasteiger partial charge in [0.2, 0.25) is 0 Å². The van der Waals surface area contributed by atoms with Crippen molar-refractivity contribution in [3.63, 3.8) is 0 Å². The molecule has 1 heterocycles. The Morgan fingerprint density at radius 3 is 2.63 bits per heavy atom. The van der Waals surface area contributed by atoms with E-state index in [1.165, 1.54) is 13.2 Å². The van der Waals surface area contributed by atoms with Gasteiger partial charge in [-0.1, -0.05) is 19.4 Å². The fraction of sp³-hybridized carbons (Fsp3) is 0.643. The second-order valence-electron chi connectivity index (χ2n) is 6.26. The first-order valence-corrected chi connectivity index (χ1v) is 8.04. The average Bonchev–Trinajstić information content (AvgIpc) is 2.24. The summed E-state index contributed by atoms with van der Waals surface area (Å²) < 4.78 is 29.4. The molecule has 0 radical (unpaired) electrons. The van der Waals surface area contributed by atoms with E-state index in [1.54, 1.807) is 0 Å². The van der Waals surface area contributed by atoms with Crippen LogP contribution in [0.3, 0.4) is 0 Å². The van der Waals surface area contributed by atoms with Gasteiger partial charge in [0.25, 0.3) is 0 Å². The lowest BCUT2D eigenvalue weighted by molar-refractivity contribution is -0.135. The van der Waals surface area contributed by atoms with E-state index >= 15 is 0 Å². The molecule has 1 saturated heterocycles. The summed E-state index contributed by atoms with van der Waals surface area (Å²) in [4.78, 5) is 12.1. The Hall–Kier alpha value is -1.10. The first-order chi connectivity index (χ1) is 8.66. The number of rotatable bonds is 1. The minimum absolute atomic E-state index is 0.00200. The third-order valence-corrected chi connectivity index (χ3v) is 6.18. The fourth-order valence-electron chi connectivity index (χ4n) is 3.15. The largest absolute Gasteiger partial charge is 0.465 e. The molecule has 5 heteroatoms. The minimum Gasteiger partial charge on any atom is -0.465 e. The summed E-state index contributed by atoms with van der Waals surface area (Å²) in [6.07, 6.45) is 2.99. The molecule has 0 saturated carbocycles. The summed E-state index contributed by atoms with van der Waals surface area (Å²) >= 11 is 0. The van der Waals surface area contributed by atoms with Crippen LogP contribution in [0.4, 0.5) is 0 Å². The zero-order valence-electron chi connectivity index (χ0n) is 11.8. The van der Waals surface area contributed by atoms with E-state index < -0.39 is 15.8 Å². The highest BCUT2D eigenvalue weighted by molar-refractivity contribution is 7.95. The van der Waals surface area contributed by atoms with E-state index in [-0.39, 0.29) is 17.1 Å². The molecule has 106 valence electrons. The Labute approximate surface area is 114 Å². The maximum atomic E-state index is 12.4.